The topological polar surface area (TPSA) is 50.7 Å². The Bertz CT molecular complexity index is 185. The third kappa shape index (κ3) is 3.14. The molecule has 90 valence electrons. The van der Waals surface area contributed by atoms with Gasteiger partial charge in [-0.05, 0) is 6.42 Å². The summed E-state index contributed by atoms with van der Waals surface area (Å²) in [6.07, 6.45) is 1.44. The Hall–Kier alpha value is -0.160. The molecule has 0 aliphatic heterocycles. The van der Waals surface area contributed by atoms with Crippen LogP contribution < -0.4 is 5.32 Å². The molecule has 2 N–H and O–H groups in total. The zero-order valence-corrected chi connectivity index (χ0v) is 9.95. The molecule has 0 aromatic heterocycles. The van der Waals surface area contributed by atoms with Crippen LogP contribution in [0.15, 0.2) is 0 Å². The van der Waals surface area contributed by atoms with Crippen LogP contribution in [0, 0.1) is 5.41 Å². The van der Waals surface area contributed by atoms with E-state index in [1.807, 2.05) is 0 Å². The van der Waals surface area contributed by atoms with Gasteiger partial charge in [0.1, 0.15) is 0 Å². The van der Waals surface area contributed by atoms with Crippen molar-refractivity contribution in [1.29, 1.82) is 0 Å². The molecule has 4 nitrogen and oxygen atoms in total. The average molecular weight is 217 g/mol. The molecular weight excluding hydrogens is 194 g/mol. The van der Waals surface area contributed by atoms with Gasteiger partial charge in [-0.15, -0.1) is 0 Å². The van der Waals surface area contributed by atoms with Gasteiger partial charge in [0.25, 0.3) is 0 Å². The van der Waals surface area contributed by atoms with Crippen LogP contribution in [0.3, 0.4) is 0 Å². The van der Waals surface area contributed by atoms with Crippen LogP contribution >= 0.6 is 0 Å². The first-order valence-corrected chi connectivity index (χ1v) is 5.57. The molecule has 0 heterocycles. The number of methoxy groups -OCH3 is 1. The normalized spacial score (nSPS) is 28.8. The lowest BCUT2D eigenvalue weighted by molar-refractivity contribution is -0.0984. The first-order chi connectivity index (χ1) is 7.12. The largest absolute Gasteiger partial charge is 0.394 e. The van der Waals surface area contributed by atoms with E-state index in [0.717, 1.165) is 13.0 Å². The summed E-state index contributed by atoms with van der Waals surface area (Å²) >= 11 is 0. The first kappa shape index (κ1) is 12.9. The second-order valence-electron chi connectivity index (χ2n) is 4.62. The molecule has 4 heteroatoms. The molecule has 2 unspecified atom stereocenters. The van der Waals surface area contributed by atoms with Gasteiger partial charge in [-0.1, -0.05) is 13.8 Å². The van der Waals surface area contributed by atoms with Gasteiger partial charge >= 0.3 is 0 Å². The summed E-state index contributed by atoms with van der Waals surface area (Å²) in [4.78, 5) is 0. The number of hydrogen-bond donors (Lipinski definition) is 2. The maximum absolute atomic E-state index is 8.52. The lowest BCUT2D eigenvalue weighted by atomic mass is 9.64. The molecule has 1 rings (SSSR count). The van der Waals surface area contributed by atoms with Gasteiger partial charge in [-0.3, -0.25) is 0 Å². The second kappa shape index (κ2) is 5.80. The third-order valence-corrected chi connectivity index (χ3v) is 3.34. The van der Waals surface area contributed by atoms with E-state index in [9.17, 15) is 0 Å². The highest BCUT2D eigenvalue weighted by molar-refractivity contribution is 5.02. The van der Waals surface area contributed by atoms with Crippen molar-refractivity contribution in [2.45, 2.75) is 32.4 Å². The molecule has 0 aromatic rings. The van der Waals surface area contributed by atoms with Gasteiger partial charge in [0.2, 0.25) is 0 Å². The van der Waals surface area contributed by atoms with Crippen molar-refractivity contribution in [1.82, 2.24) is 5.32 Å². The Labute approximate surface area is 92.0 Å². The van der Waals surface area contributed by atoms with Crippen molar-refractivity contribution < 1.29 is 14.6 Å². The molecule has 0 aromatic carbocycles. The fraction of sp³-hybridized carbons (Fsp3) is 1.00. The van der Waals surface area contributed by atoms with Crippen molar-refractivity contribution in [2.24, 2.45) is 5.41 Å². The molecule has 1 aliphatic rings. The smallest absolute Gasteiger partial charge is 0.0698 e. The van der Waals surface area contributed by atoms with Gasteiger partial charge in [0.15, 0.2) is 0 Å². The SMILES string of the molecule is COC1CC(NCCOCCO)C1(C)C. The Morgan fingerprint density at radius 3 is 2.67 bits per heavy atom. The summed E-state index contributed by atoms with van der Waals surface area (Å²) < 4.78 is 10.6. The van der Waals surface area contributed by atoms with Crippen molar-refractivity contribution >= 4 is 0 Å². The minimum Gasteiger partial charge on any atom is -0.394 e. The molecule has 1 aliphatic carbocycles. The van der Waals surface area contributed by atoms with Crippen LogP contribution in [-0.2, 0) is 9.47 Å². The average Bonchev–Trinajstić information content (AvgIpc) is 2.21. The highest BCUT2D eigenvalue weighted by Crippen LogP contribution is 2.42. The summed E-state index contributed by atoms with van der Waals surface area (Å²) in [5.41, 5.74) is 0.214. The summed E-state index contributed by atoms with van der Waals surface area (Å²) in [5, 5.41) is 12.0. The fourth-order valence-electron chi connectivity index (χ4n) is 2.10. The van der Waals surface area contributed by atoms with E-state index >= 15 is 0 Å². The minimum absolute atomic E-state index is 0.0979. The predicted octanol–water partition coefficient (Wildman–Crippen LogP) is 0.398. The van der Waals surface area contributed by atoms with Crippen LogP contribution in [0.4, 0.5) is 0 Å². The van der Waals surface area contributed by atoms with Crippen LogP contribution in [0.1, 0.15) is 20.3 Å². The zero-order valence-electron chi connectivity index (χ0n) is 9.95. The fourth-order valence-corrected chi connectivity index (χ4v) is 2.10. The van der Waals surface area contributed by atoms with E-state index in [1.165, 1.54) is 0 Å². The number of hydrogen-bond acceptors (Lipinski definition) is 4. The lowest BCUT2D eigenvalue weighted by Gasteiger charge is -2.51. The maximum Gasteiger partial charge on any atom is 0.0698 e. The van der Waals surface area contributed by atoms with E-state index in [-0.39, 0.29) is 12.0 Å². The molecule has 1 fully saturated rings. The molecule has 2 atom stereocenters. The highest BCUT2D eigenvalue weighted by atomic mass is 16.5. The first-order valence-electron chi connectivity index (χ1n) is 5.57. The van der Waals surface area contributed by atoms with Gasteiger partial charge in [0.05, 0.1) is 25.9 Å². The van der Waals surface area contributed by atoms with Gasteiger partial charge in [-0.2, -0.15) is 0 Å². The molecule has 0 amide bonds. The van der Waals surface area contributed by atoms with Crippen LogP contribution in [0.5, 0.6) is 0 Å². The Morgan fingerprint density at radius 1 is 1.40 bits per heavy atom. The molecule has 1 saturated carbocycles. The number of aliphatic hydroxyl groups is 1. The van der Waals surface area contributed by atoms with Crippen molar-refractivity contribution in [2.75, 3.05) is 33.5 Å². The molecule has 0 radical (unpaired) electrons. The van der Waals surface area contributed by atoms with Gasteiger partial charge in [0, 0.05) is 25.1 Å². The summed E-state index contributed by atoms with van der Waals surface area (Å²) in [5.74, 6) is 0. The summed E-state index contributed by atoms with van der Waals surface area (Å²) in [7, 11) is 1.77. The number of ether oxygens (including phenoxy) is 2. The molecule has 15 heavy (non-hydrogen) atoms. The minimum atomic E-state index is 0.0979. The van der Waals surface area contributed by atoms with Crippen LogP contribution in [0.2, 0.25) is 0 Å². The van der Waals surface area contributed by atoms with Crippen molar-refractivity contribution in [3.05, 3.63) is 0 Å². The van der Waals surface area contributed by atoms with E-state index < -0.39 is 0 Å². The summed E-state index contributed by atoms with van der Waals surface area (Å²) in [6, 6.07) is 0.514. The molecule has 0 bridgehead atoms. The van der Waals surface area contributed by atoms with E-state index in [2.05, 4.69) is 19.2 Å². The highest BCUT2D eigenvalue weighted by Gasteiger charge is 2.47. The molecular formula is C11H23NO3. The van der Waals surface area contributed by atoms with Crippen molar-refractivity contribution in [3.8, 4) is 0 Å². The van der Waals surface area contributed by atoms with Gasteiger partial charge < -0.3 is 19.9 Å². The standard InChI is InChI=1S/C11H23NO3/c1-11(2)9(8-10(11)14-3)12-4-6-15-7-5-13/h9-10,12-13H,4-8H2,1-3H3. The van der Waals surface area contributed by atoms with E-state index in [4.69, 9.17) is 14.6 Å². The Kier molecular flexibility index (Phi) is 4.99. The zero-order chi connectivity index (χ0) is 11.3. The van der Waals surface area contributed by atoms with E-state index in [0.29, 0.717) is 25.4 Å². The predicted molar refractivity (Wildman–Crippen MR) is 58.9 cm³/mol. The third-order valence-electron chi connectivity index (χ3n) is 3.34. The molecule has 0 spiro atoms. The Morgan fingerprint density at radius 2 is 2.13 bits per heavy atom. The monoisotopic (exact) mass is 217 g/mol. The second-order valence-corrected chi connectivity index (χ2v) is 4.62. The van der Waals surface area contributed by atoms with Crippen LogP contribution in [0.25, 0.3) is 0 Å². The van der Waals surface area contributed by atoms with E-state index in [1.54, 1.807) is 7.11 Å². The van der Waals surface area contributed by atoms with Crippen molar-refractivity contribution in [3.63, 3.8) is 0 Å². The van der Waals surface area contributed by atoms with Gasteiger partial charge in [-0.25, -0.2) is 0 Å². The quantitative estimate of drug-likeness (QED) is 0.606. The molecule has 0 saturated heterocycles. The number of nitrogens with one attached hydrogen (secondary N) is 1. The van der Waals surface area contributed by atoms with Crippen LogP contribution in [-0.4, -0.2) is 50.7 Å². The summed E-state index contributed by atoms with van der Waals surface area (Å²) in [6.45, 7) is 6.46. The maximum atomic E-state index is 8.52. The lowest BCUT2D eigenvalue weighted by Crippen LogP contribution is -2.61. The number of rotatable bonds is 7. The number of aliphatic hydroxyl groups excluding tert-OH is 1. The Balaban J connectivity index is 2.08.